The summed E-state index contributed by atoms with van der Waals surface area (Å²) in [4.78, 5) is 0. The topological polar surface area (TPSA) is 4.93 Å². The van der Waals surface area contributed by atoms with Crippen molar-refractivity contribution in [2.45, 2.75) is 13.8 Å². The molecule has 0 saturated heterocycles. The minimum Gasteiger partial charge on any atom is -0.346 e. The van der Waals surface area contributed by atoms with E-state index < -0.39 is 0 Å². The van der Waals surface area contributed by atoms with Crippen molar-refractivity contribution >= 4 is 0 Å². The second-order valence-electron chi connectivity index (χ2n) is 4.61. The van der Waals surface area contributed by atoms with Crippen molar-refractivity contribution in [3.05, 3.63) is 85.3 Å². The van der Waals surface area contributed by atoms with Gasteiger partial charge in [-0.1, -0.05) is 36.3 Å². The molecule has 0 spiro atoms. The van der Waals surface area contributed by atoms with Gasteiger partial charge in [0.2, 0.25) is 0 Å². The van der Waals surface area contributed by atoms with Crippen LogP contribution in [0.5, 0.6) is 0 Å². The molecule has 0 fully saturated rings. The Morgan fingerprint density at radius 2 is 1.79 bits per heavy atom. The van der Waals surface area contributed by atoms with Crippen LogP contribution in [-0.2, 0) is 0 Å². The molecule has 0 aliphatic carbocycles. The van der Waals surface area contributed by atoms with Gasteiger partial charge in [-0.15, -0.1) is 18.1 Å². The van der Waals surface area contributed by atoms with E-state index in [0.29, 0.717) is 5.69 Å². The zero-order valence-electron chi connectivity index (χ0n) is 14.3. The van der Waals surface area contributed by atoms with Gasteiger partial charge in [-0.25, -0.2) is 0 Å². The fourth-order valence-corrected chi connectivity index (χ4v) is 2.29. The molecular formula is C21H18FKN-. The first-order valence-corrected chi connectivity index (χ1v) is 7.36. The van der Waals surface area contributed by atoms with Crippen LogP contribution in [0.2, 0.25) is 0 Å². The number of benzene rings is 2. The summed E-state index contributed by atoms with van der Waals surface area (Å²) < 4.78 is 15.7. The Morgan fingerprint density at radius 3 is 2.42 bits per heavy atom. The number of aromatic nitrogens is 1. The third-order valence-corrected chi connectivity index (χ3v) is 3.24. The van der Waals surface area contributed by atoms with E-state index in [2.05, 4.69) is 24.8 Å². The molecule has 1 aromatic heterocycles. The summed E-state index contributed by atoms with van der Waals surface area (Å²) in [6.07, 6.45) is 3.77. The summed E-state index contributed by atoms with van der Waals surface area (Å²) in [7, 11) is 0. The van der Waals surface area contributed by atoms with Crippen LogP contribution in [-0.4, -0.2) is 4.57 Å². The number of hydrogen-bond acceptors (Lipinski definition) is 0. The molecule has 0 saturated carbocycles. The quantitative estimate of drug-likeness (QED) is 0.383. The van der Waals surface area contributed by atoms with E-state index in [1.54, 1.807) is 30.5 Å². The molecule has 0 aliphatic heterocycles. The molecule has 1 nitrogen and oxygen atoms in total. The van der Waals surface area contributed by atoms with Crippen LogP contribution in [0.3, 0.4) is 0 Å². The first-order valence-electron chi connectivity index (χ1n) is 7.36. The van der Waals surface area contributed by atoms with Crippen molar-refractivity contribution in [1.82, 2.24) is 4.57 Å². The van der Waals surface area contributed by atoms with Crippen molar-refractivity contribution in [1.29, 1.82) is 0 Å². The summed E-state index contributed by atoms with van der Waals surface area (Å²) in [5.74, 6) is 5.69. The molecule has 1 heterocycles. The third-order valence-electron chi connectivity index (χ3n) is 3.24. The Morgan fingerprint density at radius 1 is 1.08 bits per heavy atom. The summed E-state index contributed by atoms with van der Waals surface area (Å²) in [5, 5.41) is 0. The van der Waals surface area contributed by atoms with Crippen molar-refractivity contribution in [3.63, 3.8) is 0 Å². The van der Waals surface area contributed by atoms with Gasteiger partial charge in [0, 0.05) is 23.8 Å². The summed E-state index contributed by atoms with van der Waals surface area (Å²) >= 11 is 0. The molecule has 3 aromatic rings. The van der Waals surface area contributed by atoms with Crippen LogP contribution in [0.25, 0.3) is 16.8 Å². The maximum Gasteiger partial charge on any atom is 1.00 e. The van der Waals surface area contributed by atoms with Crippen LogP contribution in [0, 0.1) is 30.6 Å². The normalized spacial score (nSPS) is 9.00. The first-order chi connectivity index (χ1) is 11.3. The van der Waals surface area contributed by atoms with Crippen LogP contribution < -0.4 is 51.4 Å². The smallest absolute Gasteiger partial charge is 0.346 e. The van der Waals surface area contributed by atoms with Crippen molar-refractivity contribution in [2.75, 3.05) is 0 Å². The van der Waals surface area contributed by atoms with E-state index in [-0.39, 0.29) is 57.2 Å². The zero-order valence-corrected chi connectivity index (χ0v) is 17.4. The standard InChI is InChI=1S/C19H13FN.C2H5.K/c1-2-8-16-13-21(19-12-7-6-11-18(19)20)14-17(16)15-9-4-3-5-10-15;1-2;/h3-5,7,9-14H,1H3;1H2,2H3;/q2*-1;+1. The second kappa shape index (κ2) is 10.7. The van der Waals surface area contributed by atoms with E-state index in [9.17, 15) is 4.39 Å². The van der Waals surface area contributed by atoms with E-state index in [1.807, 2.05) is 42.7 Å². The Bertz CT molecular complexity index is 826. The predicted molar refractivity (Wildman–Crippen MR) is 93.6 cm³/mol. The van der Waals surface area contributed by atoms with E-state index in [1.165, 1.54) is 6.07 Å². The number of rotatable bonds is 2. The zero-order chi connectivity index (χ0) is 16.7. The minimum atomic E-state index is -0.303. The fraction of sp³-hybridized carbons (Fsp3) is 0.0952. The van der Waals surface area contributed by atoms with Gasteiger partial charge >= 0.3 is 51.4 Å². The average molecular weight is 342 g/mol. The molecule has 0 unspecified atom stereocenters. The van der Waals surface area contributed by atoms with Crippen LogP contribution in [0.15, 0.2) is 60.9 Å². The SMILES string of the molecule is CC#Cc1cn(-c2cc[c-]cc2F)cc1-c1ccccc1.[CH2-]C.[K+]. The van der Waals surface area contributed by atoms with Crippen molar-refractivity contribution < 1.29 is 55.8 Å². The monoisotopic (exact) mass is 342 g/mol. The minimum absolute atomic E-state index is 0. The molecule has 0 bridgehead atoms. The number of hydrogen-bond donors (Lipinski definition) is 0. The van der Waals surface area contributed by atoms with Gasteiger partial charge in [0.15, 0.2) is 0 Å². The van der Waals surface area contributed by atoms with Gasteiger partial charge in [0.05, 0.1) is 5.56 Å². The molecule has 116 valence electrons. The molecule has 0 amide bonds. The Hall–Kier alpha value is -1.15. The summed E-state index contributed by atoms with van der Waals surface area (Å²) in [5.41, 5.74) is 3.44. The molecule has 2 aromatic carbocycles. The Labute approximate surface area is 186 Å². The summed E-state index contributed by atoms with van der Waals surface area (Å²) in [6.45, 7) is 6.80. The van der Waals surface area contributed by atoms with E-state index in [0.717, 1.165) is 16.7 Å². The maximum atomic E-state index is 13.9. The van der Waals surface area contributed by atoms with Crippen LogP contribution >= 0.6 is 0 Å². The summed E-state index contributed by atoms with van der Waals surface area (Å²) in [6, 6.07) is 17.4. The third kappa shape index (κ3) is 4.92. The van der Waals surface area contributed by atoms with Gasteiger partial charge in [0.1, 0.15) is 0 Å². The van der Waals surface area contributed by atoms with E-state index in [4.69, 9.17) is 0 Å². The van der Waals surface area contributed by atoms with Gasteiger partial charge in [-0.2, -0.15) is 19.1 Å². The van der Waals surface area contributed by atoms with E-state index >= 15 is 0 Å². The molecule has 0 radical (unpaired) electrons. The fourth-order valence-electron chi connectivity index (χ4n) is 2.29. The second-order valence-corrected chi connectivity index (χ2v) is 4.61. The number of nitrogens with zero attached hydrogens (tertiary/aromatic N) is 1. The molecule has 24 heavy (non-hydrogen) atoms. The van der Waals surface area contributed by atoms with Crippen LogP contribution in [0.4, 0.5) is 4.39 Å². The Kier molecular flexibility index (Phi) is 9.28. The molecule has 3 rings (SSSR count). The number of halogens is 1. The average Bonchev–Trinajstić information content (AvgIpc) is 3.02. The first kappa shape index (κ1) is 20.9. The molecular weight excluding hydrogens is 324 g/mol. The van der Waals surface area contributed by atoms with Crippen molar-refractivity contribution in [3.8, 4) is 28.7 Å². The predicted octanol–water partition coefficient (Wildman–Crippen LogP) is 2.30. The largest absolute Gasteiger partial charge is 1.00 e. The van der Waals surface area contributed by atoms with Gasteiger partial charge < -0.3 is 11.5 Å². The van der Waals surface area contributed by atoms with Gasteiger partial charge in [-0.3, -0.25) is 4.39 Å². The van der Waals surface area contributed by atoms with Crippen LogP contribution in [0.1, 0.15) is 19.4 Å². The maximum absolute atomic E-state index is 13.9. The Balaban J connectivity index is 0.000000925. The van der Waals surface area contributed by atoms with Crippen molar-refractivity contribution in [2.24, 2.45) is 0 Å². The molecule has 0 aliphatic rings. The molecule has 0 N–H and O–H groups in total. The molecule has 3 heteroatoms. The molecule has 0 atom stereocenters. The van der Waals surface area contributed by atoms with Gasteiger partial charge in [-0.05, 0) is 18.2 Å². The van der Waals surface area contributed by atoms with Gasteiger partial charge in [0.25, 0.3) is 0 Å².